The molecule has 2 rings (SSSR count). The summed E-state index contributed by atoms with van der Waals surface area (Å²) in [6.45, 7) is 2.46. The average Bonchev–Trinajstić information content (AvgIpc) is 2.57. The largest absolute Gasteiger partial charge is 0.392 e. The first-order chi connectivity index (χ1) is 11.1. The molecule has 0 aromatic heterocycles. The highest BCUT2D eigenvalue weighted by molar-refractivity contribution is 9.10. The maximum absolute atomic E-state index is 12.3. The molecule has 0 saturated heterocycles. The van der Waals surface area contributed by atoms with E-state index in [1.807, 2.05) is 49.4 Å². The van der Waals surface area contributed by atoms with Crippen LogP contribution in [0.25, 0.3) is 0 Å². The summed E-state index contributed by atoms with van der Waals surface area (Å²) < 4.78 is 0.939. The molecular weight excluding hydrogens is 354 g/mol. The number of nitrogens with one attached hydrogen (secondary N) is 1. The lowest BCUT2D eigenvalue weighted by Gasteiger charge is -2.23. The molecule has 0 fully saturated rings. The molecule has 0 saturated carbocycles. The number of hydrogen-bond acceptors (Lipinski definition) is 2. The summed E-state index contributed by atoms with van der Waals surface area (Å²) in [5.74, 6) is -0.224. The van der Waals surface area contributed by atoms with Crippen LogP contribution in [0, 0.1) is 0 Å². The van der Waals surface area contributed by atoms with E-state index in [1.54, 1.807) is 12.1 Å². The second kappa shape index (κ2) is 8.85. The smallest absolute Gasteiger partial charge is 0.251 e. The molecule has 4 heteroatoms. The van der Waals surface area contributed by atoms with Crippen molar-refractivity contribution in [2.24, 2.45) is 0 Å². The van der Waals surface area contributed by atoms with Gasteiger partial charge in [0.2, 0.25) is 0 Å². The summed E-state index contributed by atoms with van der Waals surface area (Å²) in [7, 11) is 0. The van der Waals surface area contributed by atoms with Crippen molar-refractivity contribution in [3.63, 3.8) is 0 Å². The van der Waals surface area contributed by atoms with Gasteiger partial charge in [-0.05, 0) is 36.2 Å². The molecule has 0 unspecified atom stereocenters. The van der Waals surface area contributed by atoms with Crippen molar-refractivity contribution in [2.45, 2.75) is 31.8 Å². The zero-order valence-electron chi connectivity index (χ0n) is 13.2. The first-order valence-electron chi connectivity index (χ1n) is 7.88. The number of carbonyl (C=O) groups excluding carboxylic acids is 1. The van der Waals surface area contributed by atoms with Crippen molar-refractivity contribution in [3.05, 3.63) is 70.2 Å². The van der Waals surface area contributed by atoms with Gasteiger partial charge in [0.15, 0.2) is 0 Å². The molecule has 0 spiro atoms. The zero-order valence-corrected chi connectivity index (χ0v) is 14.8. The average molecular weight is 376 g/mol. The van der Waals surface area contributed by atoms with Crippen LogP contribution in [0.4, 0.5) is 0 Å². The van der Waals surface area contributed by atoms with Crippen LogP contribution >= 0.6 is 15.9 Å². The number of halogens is 1. The molecule has 2 N–H and O–H groups in total. The molecule has 0 aliphatic carbocycles. The van der Waals surface area contributed by atoms with E-state index in [1.165, 1.54) is 0 Å². The lowest BCUT2D eigenvalue weighted by atomic mass is 9.91. The van der Waals surface area contributed by atoms with Gasteiger partial charge >= 0.3 is 0 Å². The fourth-order valence-corrected chi connectivity index (χ4v) is 2.84. The van der Waals surface area contributed by atoms with Crippen molar-refractivity contribution < 1.29 is 9.90 Å². The van der Waals surface area contributed by atoms with Gasteiger partial charge in [-0.3, -0.25) is 4.79 Å². The summed E-state index contributed by atoms with van der Waals surface area (Å²) >= 11 is 3.36. The van der Waals surface area contributed by atoms with E-state index in [0.717, 1.165) is 16.5 Å². The first-order valence-corrected chi connectivity index (χ1v) is 8.68. The highest BCUT2D eigenvalue weighted by Crippen LogP contribution is 2.22. The van der Waals surface area contributed by atoms with Gasteiger partial charge in [0.05, 0.1) is 6.10 Å². The van der Waals surface area contributed by atoms with Crippen LogP contribution in [-0.4, -0.2) is 23.7 Å². The van der Waals surface area contributed by atoms with Crippen molar-refractivity contribution in [3.8, 4) is 0 Å². The molecule has 23 heavy (non-hydrogen) atoms. The Bertz CT molecular complexity index is 613. The van der Waals surface area contributed by atoms with E-state index < -0.39 is 6.10 Å². The molecule has 0 radical (unpaired) electrons. The molecule has 2 aromatic rings. The Morgan fingerprint density at radius 2 is 1.78 bits per heavy atom. The topological polar surface area (TPSA) is 49.3 Å². The minimum absolute atomic E-state index is 0.101. The minimum Gasteiger partial charge on any atom is -0.392 e. The number of aliphatic hydroxyl groups is 1. The van der Waals surface area contributed by atoms with Crippen LogP contribution in [-0.2, 0) is 0 Å². The summed E-state index contributed by atoms with van der Waals surface area (Å²) in [5, 5.41) is 13.4. The SMILES string of the molecule is CCC[C@@H](O)[C@@H](CNC(=O)c1ccc(Br)cc1)c1ccccc1. The van der Waals surface area contributed by atoms with Crippen molar-refractivity contribution in [1.82, 2.24) is 5.32 Å². The Morgan fingerprint density at radius 3 is 2.39 bits per heavy atom. The normalized spacial score (nSPS) is 13.3. The van der Waals surface area contributed by atoms with E-state index in [9.17, 15) is 9.90 Å². The molecule has 2 aromatic carbocycles. The van der Waals surface area contributed by atoms with Crippen LogP contribution in [0.1, 0.15) is 41.6 Å². The van der Waals surface area contributed by atoms with Gasteiger partial charge in [0.25, 0.3) is 5.91 Å². The molecule has 0 aliphatic heterocycles. The van der Waals surface area contributed by atoms with E-state index in [2.05, 4.69) is 21.2 Å². The predicted molar refractivity (Wildman–Crippen MR) is 96.6 cm³/mol. The van der Waals surface area contributed by atoms with E-state index in [-0.39, 0.29) is 11.8 Å². The van der Waals surface area contributed by atoms with Gasteiger partial charge in [-0.2, -0.15) is 0 Å². The minimum atomic E-state index is -0.465. The number of carbonyl (C=O) groups is 1. The Balaban J connectivity index is 2.06. The van der Waals surface area contributed by atoms with Crippen LogP contribution in [0.2, 0.25) is 0 Å². The fraction of sp³-hybridized carbons (Fsp3) is 0.316. The Morgan fingerprint density at radius 1 is 1.13 bits per heavy atom. The predicted octanol–water partition coefficient (Wildman–Crippen LogP) is 4.12. The Hall–Kier alpha value is -1.65. The molecule has 0 bridgehead atoms. The second-order valence-electron chi connectivity index (χ2n) is 5.59. The Labute approximate surface area is 145 Å². The lowest BCUT2D eigenvalue weighted by molar-refractivity contribution is 0.0925. The van der Waals surface area contributed by atoms with Gasteiger partial charge in [0, 0.05) is 22.5 Å². The maximum Gasteiger partial charge on any atom is 0.251 e. The molecule has 122 valence electrons. The fourth-order valence-electron chi connectivity index (χ4n) is 2.58. The molecule has 2 atom stereocenters. The highest BCUT2D eigenvalue weighted by atomic mass is 79.9. The molecule has 1 amide bonds. The number of amides is 1. The van der Waals surface area contributed by atoms with E-state index >= 15 is 0 Å². The van der Waals surface area contributed by atoms with Gasteiger partial charge in [-0.25, -0.2) is 0 Å². The third-order valence-electron chi connectivity index (χ3n) is 3.87. The number of aliphatic hydroxyl groups excluding tert-OH is 1. The molecule has 3 nitrogen and oxygen atoms in total. The first kappa shape index (κ1) is 17.7. The van der Waals surface area contributed by atoms with Crippen molar-refractivity contribution in [1.29, 1.82) is 0 Å². The zero-order chi connectivity index (χ0) is 16.7. The monoisotopic (exact) mass is 375 g/mol. The van der Waals surface area contributed by atoms with E-state index in [4.69, 9.17) is 0 Å². The van der Waals surface area contributed by atoms with Gasteiger partial charge in [-0.1, -0.05) is 59.6 Å². The van der Waals surface area contributed by atoms with E-state index in [0.29, 0.717) is 18.5 Å². The second-order valence-corrected chi connectivity index (χ2v) is 6.51. The third kappa shape index (κ3) is 5.19. The van der Waals surface area contributed by atoms with Crippen LogP contribution in [0.3, 0.4) is 0 Å². The third-order valence-corrected chi connectivity index (χ3v) is 4.39. The number of benzene rings is 2. The van der Waals surface area contributed by atoms with Gasteiger partial charge in [-0.15, -0.1) is 0 Å². The molecule has 0 heterocycles. The highest BCUT2D eigenvalue weighted by Gasteiger charge is 2.21. The number of hydrogen-bond donors (Lipinski definition) is 2. The standard InChI is InChI=1S/C19H22BrNO2/c1-2-6-18(22)17(14-7-4-3-5-8-14)13-21-19(23)15-9-11-16(20)12-10-15/h3-5,7-12,17-18,22H,2,6,13H2,1H3,(H,21,23)/t17-,18+/m0/s1. The summed E-state index contributed by atoms with van der Waals surface area (Å²) in [6, 6.07) is 17.1. The quantitative estimate of drug-likeness (QED) is 0.764. The van der Waals surface area contributed by atoms with Crippen molar-refractivity contribution in [2.75, 3.05) is 6.54 Å². The molecular formula is C19H22BrNO2. The Kier molecular flexibility index (Phi) is 6.81. The van der Waals surface area contributed by atoms with Crippen LogP contribution in [0.15, 0.2) is 59.1 Å². The summed E-state index contributed by atoms with van der Waals surface area (Å²) in [5.41, 5.74) is 1.66. The van der Waals surface area contributed by atoms with Gasteiger partial charge in [0.1, 0.15) is 0 Å². The van der Waals surface area contributed by atoms with Crippen LogP contribution in [0.5, 0.6) is 0 Å². The van der Waals surface area contributed by atoms with Gasteiger partial charge < -0.3 is 10.4 Å². The summed E-state index contributed by atoms with van der Waals surface area (Å²) in [6.07, 6.45) is 1.16. The van der Waals surface area contributed by atoms with Crippen molar-refractivity contribution >= 4 is 21.8 Å². The molecule has 0 aliphatic rings. The number of rotatable bonds is 7. The van der Waals surface area contributed by atoms with Crippen LogP contribution < -0.4 is 5.32 Å². The maximum atomic E-state index is 12.3. The summed E-state index contributed by atoms with van der Waals surface area (Å²) in [4.78, 5) is 12.3. The lowest BCUT2D eigenvalue weighted by Crippen LogP contribution is -2.33.